The normalized spacial score (nSPS) is 10.6. The monoisotopic (exact) mass is 251 g/mol. The van der Waals surface area contributed by atoms with Gasteiger partial charge in [0.2, 0.25) is 0 Å². The van der Waals surface area contributed by atoms with E-state index in [1.807, 2.05) is 55.5 Å². The molecule has 94 valence electrons. The quantitative estimate of drug-likeness (QED) is 0.735. The summed E-state index contributed by atoms with van der Waals surface area (Å²) in [7, 11) is 0. The first-order chi connectivity index (χ1) is 9.22. The van der Waals surface area contributed by atoms with Gasteiger partial charge in [0, 0.05) is 5.69 Å². The lowest BCUT2D eigenvalue weighted by molar-refractivity contribution is 0.101. The highest BCUT2D eigenvalue weighted by molar-refractivity contribution is 6.03. The van der Waals surface area contributed by atoms with Crippen molar-refractivity contribution >= 4 is 22.6 Å². The SMILES string of the molecule is Cc1ccc2[nH]c(C(=O)Nc3ccccc3)nc2c1. The fraction of sp³-hybridized carbons (Fsp3) is 0.0667. The van der Waals surface area contributed by atoms with Gasteiger partial charge >= 0.3 is 0 Å². The molecule has 2 N–H and O–H groups in total. The molecule has 1 amide bonds. The summed E-state index contributed by atoms with van der Waals surface area (Å²) in [5.41, 5.74) is 3.54. The second-order valence-corrected chi connectivity index (χ2v) is 4.43. The molecule has 3 rings (SSSR count). The molecule has 0 bridgehead atoms. The number of aryl methyl sites for hydroxylation is 1. The van der Waals surface area contributed by atoms with E-state index in [0.29, 0.717) is 5.82 Å². The molecule has 3 aromatic rings. The Bertz CT molecular complexity index is 731. The molecule has 2 aromatic carbocycles. The van der Waals surface area contributed by atoms with E-state index >= 15 is 0 Å². The summed E-state index contributed by atoms with van der Waals surface area (Å²) in [5.74, 6) is 0.0875. The number of carbonyl (C=O) groups excluding carboxylic acids is 1. The number of hydrogen-bond acceptors (Lipinski definition) is 2. The molecule has 0 radical (unpaired) electrons. The second-order valence-electron chi connectivity index (χ2n) is 4.43. The molecule has 1 aromatic heterocycles. The van der Waals surface area contributed by atoms with Gasteiger partial charge < -0.3 is 10.3 Å². The number of H-pyrrole nitrogens is 1. The maximum absolute atomic E-state index is 12.1. The number of nitrogens with zero attached hydrogens (tertiary/aromatic N) is 1. The van der Waals surface area contributed by atoms with Crippen molar-refractivity contribution in [2.45, 2.75) is 6.92 Å². The van der Waals surface area contributed by atoms with Crippen molar-refractivity contribution in [2.75, 3.05) is 5.32 Å². The molecule has 0 aliphatic carbocycles. The summed E-state index contributed by atoms with van der Waals surface area (Å²) >= 11 is 0. The van der Waals surface area contributed by atoms with Crippen molar-refractivity contribution in [2.24, 2.45) is 0 Å². The lowest BCUT2D eigenvalue weighted by atomic mass is 10.2. The van der Waals surface area contributed by atoms with Crippen molar-refractivity contribution in [3.8, 4) is 0 Å². The van der Waals surface area contributed by atoms with Crippen LogP contribution >= 0.6 is 0 Å². The Balaban J connectivity index is 1.89. The van der Waals surface area contributed by atoms with Crippen LogP contribution in [0.4, 0.5) is 5.69 Å². The molecule has 0 spiro atoms. The Morgan fingerprint density at radius 2 is 1.95 bits per heavy atom. The van der Waals surface area contributed by atoms with E-state index in [1.165, 1.54) is 0 Å². The summed E-state index contributed by atoms with van der Waals surface area (Å²) in [4.78, 5) is 19.4. The Kier molecular flexibility index (Phi) is 2.76. The predicted molar refractivity (Wildman–Crippen MR) is 75.2 cm³/mol. The van der Waals surface area contributed by atoms with Crippen LogP contribution in [0.15, 0.2) is 48.5 Å². The number of nitrogens with one attached hydrogen (secondary N) is 2. The van der Waals surface area contributed by atoms with Crippen LogP contribution in [0, 0.1) is 6.92 Å². The third-order valence-corrected chi connectivity index (χ3v) is 2.89. The smallest absolute Gasteiger partial charge is 0.291 e. The van der Waals surface area contributed by atoms with Crippen molar-refractivity contribution < 1.29 is 4.79 Å². The van der Waals surface area contributed by atoms with Gasteiger partial charge in [-0.3, -0.25) is 4.79 Å². The number of fused-ring (bicyclic) bond motifs is 1. The van der Waals surface area contributed by atoms with Crippen LogP contribution in [0.1, 0.15) is 16.2 Å². The Hall–Kier alpha value is -2.62. The zero-order chi connectivity index (χ0) is 13.2. The first kappa shape index (κ1) is 11.5. The standard InChI is InChI=1S/C15H13N3O/c1-10-7-8-12-13(9-10)18-14(17-12)15(19)16-11-5-3-2-4-6-11/h2-9H,1H3,(H,16,19)(H,17,18). The molecular weight excluding hydrogens is 238 g/mol. The van der Waals surface area contributed by atoms with E-state index in [4.69, 9.17) is 0 Å². The summed E-state index contributed by atoms with van der Waals surface area (Å²) in [6.45, 7) is 2.00. The minimum atomic E-state index is -0.236. The van der Waals surface area contributed by atoms with E-state index in [0.717, 1.165) is 22.3 Å². The van der Waals surface area contributed by atoms with Crippen LogP contribution in [-0.4, -0.2) is 15.9 Å². The van der Waals surface area contributed by atoms with Crippen LogP contribution in [0.5, 0.6) is 0 Å². The van der Waals surface area contributed by atoms with E-state index < -0.39 is 0 Å². The highest BCUT2D eigenvalue weighted by atomic mass is 16.2. The van der Waals surface area contributed by atoms with Crippen LogP contribution in [0.3, 0.4) is 0 Å². The highest BCUT2D eigenvalue weighted by Crippen LogP contribution is 2.14. The number of rotatable bonds is 2. The summed E-state index contributed by atoms with van der Waals surface area (Å²) in [6.07, 6.45) is 0. The molecule has 0 fully saturated rings. The van der Waals surface area contributed by atoms with Gasteiger partial charge in [-0.1, -0.05) is 24.3 Å². The number of imidazole rings is 1. The van der Waals surface area contributed by atoms with Crippen molar-refractivity contribution in [1.82, 2.24) is 9.97 Å². The van der Waals surface area contributed by atoms with Crippen molar-refractivity contribution in [3.63, 3.8) is 0 Å². The van der Waals surface area contributed by atoms with E-state index in [2.05, 4.69) is 15.3 Å². The predicted octanol–water partition coefficient (Wildman–Crippen LogP) is 3.12. The van der Waals surface area contributed by atoms with E-state index in [9.17, 15) is 4.79 Å². The molecule has 0 aliphatic heterocycles. The number of aromatic nitrogens is 2. The number of carbonyl (C=O) groups is 1. The minimum Gasteiger partial charge on any atom is -0.334 e. The molecule has 4 heteroatoms. The summed E-state index contributed by atoms with van der Waals surface area (Å²) in [6, 6.07) is 15.2. The molecular formula is C15H13N3O. The largest absolute Gasteiger partial charge is 0.334 e. The van der Waals surface area contributed by atoms with Gasteiger partial charge in [0.05, 0.1) is 11.0 Å². The molecule has 0 saturated heterocycles. The number of para-hydroxylation sites is 1. The number of hydrogen-bond donors (Lipinski definition) is 2. The number of anilines is 1. The number of amides is 1. The maximum atomic E-state index is 12.1. The van der Waals surface area contributed by atoms with E-state index in [1.54, 1.807) is 0 Å². The Morgan fingerprint density at radius 1 is 1.16 bits per heavy atom. The lowest BCUT2D eigenvalue weighted by Crippen LogP contribution is -2.13. The van der Waals surface area contributed by atoms with Crippen molar-refractivity contribution in [3.05, 3.63) is 59.9 Å². The zero-order valence-corrected chi connectivity index (χ0v) is 10.5. The molecule has 0 atom stereocenters. The molecule has 0 aliphatic rings. The van der Waals surface area contributed by atoms with Crippen LogP contribution in [0.2, 0.25) is 0 Å². The average Bonchev–Trinajstić information content (AvgIpc) is 2.83. The van der Waals surface area contributed by atoms with Gasteiger partial charge in [0.1, 0.15) is 0 Å². The van der Waals surface area contributed by atoms with Crippen LogP contribution < -0.4 is 5.32 Å². The van der Waals surface area contributed by atoms with E-state index in [-0.39, 0.29) is 5.91 Å². The first-order valence-electron chi connectivity index (χ1n) is 6.05. The van der Waals surface area contributed by atoms with Gasteiger partial charge in [-0.05, 0) is 36.8 Å². The highest BCUT2D eigenvalue weighted by Gasteiger charge is 2.11. The Morgan fingerprint density at radius 3 is 2.74 bits per heavy atom. The molecule has 0 unspecified atom stereocenters. The average molecular weight is 251 g/mol. The fourth-order valence-corrected chi connectivity index (χ4v) is 1.94. The third-order valence-electron chi connectivity index (χ3n) is 2.89. The first-order valence-corrected chi connectivity index (χ1v) is 6.05. The van der Waals surface area contributed by atoms with Gasteiger partial charge in [-0.25, -0.2) is 4.98 Å². The number of benzene rings is 2. The molecule has 4 nitrogen and oxygen atoms in total. The van der Waals surface area contributed by atoms with Gasteiger partial charge in [0.15, 0.2) is 5.82 Å². The zero-order valence-electron chi connectivity index (χ0n) is 10.5. The fourth-order valence-electron chi connectivity index (χ4n) is 1.94. The van der Waals surface area contributed by atoms with Crippen molar-refractivity contribution in [1.29, 1.82) is 0 Å². The molecule has 1 heterocycles. The summed E-state index contributed by atoms with van der Waals surface area (Å²) < 4.78 is 0. The lowest BCUT2D eigenvalue weighted by Gasteiger charge is -2.01. The number of aromatic amines is 1. The van der Waals surface area contributed by atoms with Crippen LogP contribution in [-0.2, 0) is 0 Å². The topological polar surface area (TPSA) is 57.8 Å². The third kappa shape index (κ3) is 2.33. The second kappa shape index (κ2) is 4.57. The van der Waals surface area contributed by atoms with Crippen LogP contribution in [0.25, 0.3) is 11.0 Å². The Labute approximate surface area is 110 Å². The van der Waals surface area contributed by atoms with Gasteiger partial charge in [-0.2, -0.15) is 0 Å². The molecule has 19 heavy (non-hydrogen) atoms. The minimum absolute atomic E-state index is 0.236. The summed E-state index contributed by atoms with van der Waals surface area (Å²) in [5, 5.41) is 2.80. The van der Waals surface area contributed by atoms with Gasteiger partial charge in [0.25, 0.3) is 5.91 Å². The van der Waals surface area contributed by atoms with Gasteiger partial charge in [-0.15, -0.1) is 0 Å². The maximum Gasteiger partial charge on any atom is 0.291 e. The molecule has 0 saturated carbocycles.